The van der Waals surface area contributed by atoms with Gasteiger partial charge in [0, 0.05) is 20.3 Å². The first-order valence-corrected chi connectivity index (χ1v) is 8.53. The predicted octanol–water partition coefficient (Wildman–Crippen LogP) is 5.96. The summed E-state index contributed by atoms with van der Waals surface area (Å²) in [6, 6.07) is 6.70. The Hall–Kier alpha value is 0.0400. The van der Waals surface area contributed by atoms with Gasteiger partial charge in [0.1, 0.15) is 0 Å². The van der Waals surface area contributed by atoms with Crippen LogP contribution >= 0.6 is 34.2 Å². The summed E-state index contributed by atoms with van der Waals surface area (Å²) >= 11 is 8.35. The van der Waals surface area contributed by atoms with Crippen LogP contribution in [0.15, 0.2) is 18.2 Å². The van der Waals surface area contributed by atoms with Gasteiger partial charge >= 0.3 is 0 Å². The van der Waals surface area contributed by atoms with E-state index in [1.54, 1.807) is 0 Å². The first kappa shape index (κ1) is 15.4. The molecule has 0 aliphatic heterocycles. The maximum absolute atomic E-state index is 6.00. The normalized spacial score (nSPS) is 24.3. The first-order chi connectivity index (χ1) is 8.86. The van der Waals surface area contributed by atoms with E-state index >= 15 is 0 Å². The average Bonchev–Trinajstić information content (AvgIpc) is 2.32. The summed E-state index contributed by atoms with van der Waals surface area (Å²) in [5.74, 6) is 0.870. The van der Waals surface area contributed by atoms with Crippen LogP contribution in [-0.2, 0) is 0 Å². The van der Waals surface area contributed by atoms with Gasteiger partial charge in [-0.25, -0.2) is 0 Å². The van der Waals surface area contributed by atoms with Crippen molar-refractivity contribution in [2.24, 2.45) is 11.3 Å². The van der Waals surface area contributed by atoms with Crippen LogP contribution in [0, 0.1) is 14.9 Å². The van der Waals surface area contributed by atoms with Crippen LogP contribution in [0.3, 0.4) is 0 Å². The zero-order chi connectivity index (χ0) is 14.0. The average molecular weight is 392 g/mol. The van der Waals surface area contributed by atoms with Crippen molar-refractivity contribution in [1.29, 1.82) is 0 Å². The van der Waals surface area contributed by atoms with Gasteiger partial charge in [0.25, 0.3) is 0 Å². The molecule has 1 saturated carbocycles. The zero-order valence-electron chi connectivity index (χ0n) is 12.0. The van der Waals surface area contributed by atoms with E-state index in [2.05, 4.69) is 54.7 Å². The SMILES string of the molecule is CC(C)(C)C1CCC(Nc2ccc(Cl)cc2I)CC1. The van der Waals surface area contributed by atoms with E-state index in [1.165, 1.54) is 34.9 Å². The number of rotatable bonds is 2. The lowest BCUT2D eigenvalue weighted by Gasteiger charge is -2.37. The maximum atomic E-state index is 6.00. The van der Waals surface area contributed by atoms with Gasteiger partial charge in [0.15, 0.2) is 0 Å². The van der Waals surface area contributed by atoms with E-state index in [0.29, 0.717) is 11.5 Å². The lowest BCUT2D eigenvalue weighted by molar-refractivity contribution is 0.173. The van der Waals surface area contributed by atoms with Crippen molar-refractivity contribution in [3.8, 4) is 0 Å². The molecule has 0 unspecified atom stereocenters. The van der Waals surface area contributed by atoms with Crippen molar-refractivity contribution >= 4 is 39.9 Å². The molecule has 1 aliphatic rings. The molecule has 0 radical (unpaired) electrons. The van der Waals surface area contributed by atoms with E-state index in [0.717, 1.165) is 10.9 Å². The Morgan fingerprint density at radius 2 is 1.79 bits per heavy atom. The molecule has 1 nitrogen and oxygen atoms in total. The summed E-state index contributed by atoms with van der Waals surface area (Å²) < 4.78 is 1.21. The Balaban J connectivity index is 1.92. The van der Waals surface area contributed by atoms with Gasteiger partial charge in [-0.2, -0.15) is 0 Å². The van der Waals surface area contributed by atoms with Crippen LogP contribution in [0.25, 0.3) is 0 Å². The molecule has 1 aromatic carbocycles. The molecule has 1 fully saturated rings. The molecule has 0 aromatic heterocycles. The molecule has 2 rings (SSSR count). The zero-order valence-corrected chi connectivity index (χ0v) is 14.9. The molecule has 0 atom stereocenters. The third kappa shape index (κ3) is 4.25. The third-order valence-electron chi connectivity index (χ3n) is 4.24. The smallest absolute Gasteiger partial charge is 0.0479 e. The molecule has 0 saturated heterocycles. The highest BCUT2D eigenvalue weighted by atomic mass is 127. The fourth-order valence-corrected chi connectivity index (χ4v) is 3.96. The molecule has 1 aliphatic carbocycles. The van der Waals surface area contributed by atoms with E-state index in [4.69, 9.17) is 11.6 Å². The summed E-state index contributed by atoms with van der Waals surface area (Å²) in [4.78, 5) is 0. The molecular weight excluding hydrogens is 369 g/mol. The van der Waals surface area contributed by atoms with Crippen LogP contribution in [0.1, 0.15) is 46.5 Å². The Labute approximate surface area is 135 Å². The van der Waals surface area contributed by atoms with E-state index in [-0.39, 0.29) is 0 Å². The summed E-state index contributed by atoms with van der Waals surface area (Å²) in [5, 5.41) is 4.49. The van der Waals surface area contributed by atoms with Gasteiger partial charge in [-0.15, -0.1) is 0 Å². The summed E-state index contributed by atoms with van der Waals surface area (Å²) in [6.45, 7) is 7.11. The van der Waals surface area contributed by atoms with Gasteiger partial charge in [-0.05, 0) is 77.8 Å². The molecule has 1 N–H and O–H groups in total. The van der Waals surface area contributed by atoms with E-state index in [1.807, 2.05) is 12.1 Å². The molecule has 0 amide bonds. The summed E-state index contributed by atoms with van der Waals surface area (Å²) in [5.41, 5.74) is 1.68. The van der Waals surface area contributed by atoms with Crippen LogP contribution < -0.4 is 5.32 Å². The van der Waals surface area contributed by atoms with E-state index in [9.17, 15) is 0 Å². The number of anilines is 1. The highest BCUT2D eigenvalue weighted by Gasteiger charge is 2.29. The van der Waals surface area contributed by atoms with Gasteiger partial charge < -0.3 is 5.32 Å². The second-order valence-electron chi connectivity index (χ2n) is 6.68. The van der Waals surface area contributed by atoms with Crippen molar-refractivity contribution in [3.63, 3.8) is 0 Å². The summed E-state index contributed by atoms with van der Waals surface area (Å²) in [6.07, 6.45) is 5.23. The van der Waals surface area contributed by atoms with Gasteiger partial charge in [-0.1, -0.05) is 32.4 Å². The van der Waals surface area contributed by atoms with Gasteiger partial charge in [0.05, 0.1) is 0 Å². The largest absolute Gasteiger partial charge is 0.381 e. The van der Waals surface area contributed by atoms with Crippen molar-refractivity contribution in [2.75, 3.05) is 5.32 Å². The quantitative estimate of drug-likeness (QED) is 0.613. The lowest BCUT2D eigenvalue weighted by atomic mass is 9.71. The highest BCUT2D eigenvalue weighted by molar-refractivity contribution is 14.1. The van der Waals surface area contributed by atoms with E-state index < -0.39 is 0 Å². The number of hydrogen-bond acceptors (Lipinski definition) is 1. The lowest BCUT2D eigenvalue weighted by Crippen LogP contribution is -2.31. The van der Waals surface area contributed by atoms with Crippen molar-refractivity contribution in [3.05, 3.63) is 26.8 Å². The predicted molar refractivity (Wildman–Crippen MR) is 93.0 cm³/mol. The Morgan fingerprint density at radius 3 is 2.32 bits per heavy atom. The highest BCUT2D eigenvalue weighted by Crippen LogP contribution is 2.38. The number of halogens is 2. The second-order valence-corrected chi connectivity index (χ2v) is 8.28. The summed E-state index contributed by atoms with van der Waals surface area (Å²) in [7, 11) is 0. The Morgan fingerprint density at radius 1 is 1.16 bits per heavy atom. The van der Waals surface area contributed by atoms with Gasteiger partial charge in [0.2, 0.25) is 0 Å². The topological polar surface area (TPSA) is 12.0 Å². The fraction of sp³-hybridized carbons (Fsp3) is 0.625. The molecule has 1 aromatic rings. The molecule has 3 heteroatoms. The maximum Gasteiger partial charge on any atom is 0.0479 e. The third-order valence-corrected chi connectivity index (χ3v) is 5.37. The number of hydrogen-bond donors (Lipinski definition) is 1. The second kappa shape index (κ2) is 6.21. The standard InChI is InChI=1S/C16H23ClIN/c1-16(2,3)11-4-7-13(8-5-11)19-15-9-6-12(17)10-14(15)18/h6,9-11,13,19H,4-5,7-8H2,1-3H3. The molecule has 19 heavy (non-hydrogen) atoms. The molecule has 0 heterocycles. The van der Waals surface area contributed by atoms with Crippen LogP contribution in [-0.4, -0.2) is 6.04 Å². The molecule has 0 bridgehead atoms. The number of nitrogens with one attached hydrogen (secondary N) is 1. The van der Waals surface area contributed by atoms with Crippen LogP contribution in [0.4, 0.5) is 5.69 Å². The Kier molecular flexibility index (Phi) is 5.04. The molecular formula is C16H23ClIN. The van der Waals surface area contributed by atoms with Crippen LogP contribution in [0.5, 0.6) is 0 Å². The van der Waals surface area contributed by atoms with Crippen molar-refractivity contribution in [2.45, 2.75) is 52.5 Å². The number of benzene rings is 1. The minimum absolute atomic E-state index is 0.458. The fourth-order valence-electron chi connectivity index (χ4n) is 2.93. The van der Waals surface area contributed by atoms with Crippen LogP contribution in [0.2, 0.25) is 5.02 Å². The monoisotopic (exact) mass is 391 g/mol. The first-order valence-electron chi connectivity index (χ1n) is 7.08. The van der Waals surface area contributed by atoms with Crippen molar-refractivity contribution in [1.82, 2.24) is 0 Å². The minimum Gasteiger partial charge on any atom is -0.381 e. The van der Waals surface area contributed by atoms with Crippen molar-refractivity contribution < 1.29 is 0 Å². The minimum atomic E-state index is 0.458. The van der Waals surface area contributed by atoms with Gasteiger partial charge in [-0.3, -0.25) is 0 Å². The molecule has 106 valence electrons. The molecule has 0 spiro atoms. The Bertz CT molecular complexity index is 431.